The van der Waals surface area contributed by atoms with Crippen LogP contribution in [-0.2, 0) is 11.3 Å². The summed E-state index contributed by atoms with van der Waals surface area (Å²) in [7, 11) is 0. The Labute approximate surface area is 127 Å². The number of aliphatic carboxylic acids is 1. The van der Waals surface area contributed by atoms with Crippen molar-refractivity contribution in [3.8, 4) is 0 Å². The summed E-state index contributed by atoms with van der Waals surface area (Å²) in [5.74, 6) is 0.700. The van der Waals surface area contributed by atoms with Gasteiger partial charge in [-0.25, -0.2) is 0 Å². The summed E-state index contributed by atoms with van der Waals surface area (Å²) in [6, 6.07) is 3.23. The number of thiocarbonyl (C=S) groups is 1. The van der Waals surface area contributed by atoms with E-state index in [-0.39, 0.29) is 5.92 Å². The van der Waals surface area contributed by atoms with Gasteiger partial charge in [0.15, 0.2) is 0 Å². The lowest BCUT2D eigenvalue weighted by Crippen LogP contribution is -2.53. The molecule has 0 aliphatic carbocycles. The molecular formula is C13H18N2O3S2. The van der Waals surface area contributed by atoms with Gasteiger partial charge in [0, 0.05) is 0 Å². The zero-order chi connectivity index (χ0) is 14.7. The van der Waals surface area contributed by atoms with Gasteiger partial charge in [-0.2, -0.15) is 0 Å². The molecule has 110 valence electrons. The molecule has 0 bridgehead atoms. The number of thioether (sulfide) groups is 1. The van der Waals surface area contributed by atoms with Gasteiger partial charge in [0.2, 0.25) is 0 Å². The average Bonchev–Trinajstić information content (AvgIpc) is 2.85. The normalized spacial score (nSPS) is 18.6. The number of hydrogen-bond acceptors (Lipinski definition) is 5. The molecule has 0 radical (unpaired) electrons. The number of hydrogen-bond donors (Lipinski definition) is 1. The van der Waals surface area contributed by atoms with Gasteiger partial charge >= 0.3 is 5.97 Å². The van der Waals surface area contributed by atoms with Gasteiger partial charge in [0.25, 0.3) is 0 Å². The number of carbonyl (C=O) groups is 1. The first-order valence-electron chi connectivity index (χ1n) is 6.40. The molecule has 0 aromatic carbocycles. The largest absolute Gasteiger partial charge is 0.480 e. The fraction of sp³-hybridized carbons (Fsp3) is 0.538. The molecule has 1 aromatic heterocycles. The van der Waals surface area contributed by atoms with Crippen molar-refractivity contribution in [3.05, 3.63) is 24.2 Å². The zero-order valence-corrected chi connectivity index (χ0v) is 13.1. The smallest absolute Gasteiger partial charge is 0.321 e. The highest BCUT2D eigenvalue weighted by molar-refractivity contribution is 8.22. The third-order valence-electron chi connectivity index (χ3n) is 3.17. The van der Waals surface area contributed by atoms with Crippen LogP contribution in [0.4, 0.5) is 0 Å². The Morgan fingerprint density at radius 3 is 2.90 bits per heavy atom. The van der Waals surface area contributed by atoms with Gasteiger partial charge in [0.05, 0.1) is 25.4 Å². The molecule has 1 aliphatic heterocycles. The minimum Gasteiger partial charge on any atom is -0.480 e. The van der Waals surface area contributed by atoms with Gasteiger partial charge < -0.3 is 14.4 Å². The Hall–Kier alpha value is -1.05. The fourth-order valence-electron chi connectivity index (χ4n) is 2.28. The van der Waals surface area contributed by atoms with Crippen LogP contribution in [0.25, 0.3) is 0 Å². The van der Waals surface area contributed by atoms with E-state index in [2.05, 4.69) is 0 Å². The summed E-state index contributed by atoms with van der Waals surface area (Å²) in [6.45, 7) is 4.93. The summed E-state index contributed by atoms with van der Waals surface area (Å²) in [6.07, 6.45) is 1.63. The summed E-state index contributed by atoms with van der Waals surface area (Å²) >= 11 is 6.84. The first-order chi connectivity index (χ1) is 9.49. The Morgan fingerprint density at radius 2 is 2.35 bits per heavy atom. The molecule has 1 N–H and O–H groups in total. The summed E-state index contributed by atoms with van der Waals surface area (Å²) < 4.78 is 6.11. The van der Waals surface area contributed by atoms with Crippen molar-refractivity contribution in [2.75, 3.05) is 12.5 Å². The van der Waals surface area contributed by atoms with Crippen molar-refractivity contribution >= 4 is 34.3 Å². The molecular weight excluding hydrogens is 296 g/mol. The topological polar surface area (TPSA) is 56.9 Å². The van der Waals surface area contributed by atoms with Crippen LogP contribution in [0.15, 0.2) is 22.8 Å². The second-order valence-electron chi connectivity index (χ2n) is 5.07. The fourth-order valence-corrected chi connectivity index (χ4v) is 3.39. The number of nitrogens with zero attached hydrogens (tertiary/aromatic N) is 2. The highest BCUT2D eigenvalue weighted by Crippen LogP contribution is 2.25. The van der Waals surface area contributed by atoms with E-state index in [0.29, 0.717) is 19.1 Å². The lowest BCUT2D eigenvalue weighted by atomic mass is 10.0. The second kappa shape index (κ2) is 6.60. The minimum absolute atomic E-state index is 0.0465. The van der Waals surface area contributed by atoms with Crippen LogP contribution in [0.1, 0.15) is 19.6 Å². The molecule has 1 saturated heterocycles. The lowest BCUT2D eigenvalue weighted by Gasteiger charge is -2.40. The third kappa shape index (κ3) is 3.53. The van der Waals surface area contributed by atoms with Crippen molar-refractivity contribution in [1.82, 2.24) is 9.80 Å². The highest BCUT2D eigenvalue weighted by atomic mass is 32.2. The second-order valence-corrected chi connectivity index (χ2v) is 6.65. The van der Waals surface area contributed by atoms with Crippen LogP contribution in [0.3, 0.4) is 0 Å². The Bertz CT molecular complexity index is 476. The van der Waals surface area contributed by atoms with Crippen LogP contribution in [0.5, 0.6) is 0 Å². The molecule has 5 nitrogen and oxygen atoms in total. The molecule has 1 aliphatic rings. The molecule has 1 atom stereocenters. The Kier molecular flexibility index (Phi) is 5.06. The van der Waals surface area contributed by atoms with E-state index < -0.39 is 12.0 Å². The van der Waals surface area contributed by atoms with Crippen LogP contribution in [0.2, 0.25) is 0 Å². The first kappa shape index (κ1) is 15.3. The molecule has 2 heterocycles. The Balaban J connectivity index is 2.07. The monoisotopic (exact) mass is 314 g/mol. The molecule has 0 saturated carbocycles. The van der Waals surface area contributed by atoms with Gasteiger partial charge in [-0.15, -0.1) is 0 Å². The lowest BCUT2D eigenvalue weighted by molar-refractivity contribution is -0.145. The van der Waals surface area contributed by atoms with Crippen molar-refractivity contribution in [2.24, 2.45) is 5.92 Å². The molecule has 20 heavy (non-hydrogen) atoms. The van der Waals surface area contributed by atoms with E-state index in [1.54, 1.807) is 6.26 Å². The predicted molar refractivity (Wildman–Crippen MR) is 82.3 cm³/mol. The van der Waals surface area contributed by atoms with Gasteiger partial charge in [-0.3, -0.25) is 9.69 Å². The Morgan fingerprint density at radius 1 is 1.60 bits per heavy atom. The molecule has 1 fully saturated rings. The van der Waals surface area contributed by atoms with Gasteiger partial charge in [-0.05, 0) is 18.1 Å². The zero-order valence-electron chi connectivity index (χ0n) is 11.5. The first-order valence-corrected chi connectivity index (χ1v) is 7.79. The van der Waals surface area contributed by atoms with Crippen molar-refractivity contribution in [2.45, 2.75) is 26.4 Å². The molecule has 2 rings (SSSR count). The maximum atomic E-state index is 11.4. The maximum Gasteiger partial charge on any atom is 0.321 e. The summed E-state index contributed by atoms with van der Waals surface area (Å²) in [5.41, 5.74) is 0. The molecule has 0 spiro atoms. The highest BCUT2D eigenvalue weighted by Gasteiger charge is 2.33. The van der Waals surface area contributed by atoms with Crippen LogP contribution < -0.4 is 0 Å². The third-order valence-corrected chi connectivity index (χ3v) is 4.75. The van der Waals surface area contributed by atoms with E-state index in [4.69, 9.17) is 16.6 Å². The molecule has 7 heteroatoms. The summed E-state index contributed by atoms with van der Waals surface area (Å²) in [4.78, 5) is 15.3. The van der Waals surface area contributed by atoms with Crippen LogP contribution >= 0.6 is 24.0 Å². The van der Waals surface area contributed by atoms with Crippen molar-refractivity contribution in [3.63, 3.8) is 0 Å². The number of carboxylic acids is 1. The van der Waals surface area contributed by atoms with E-state index in [0.717, 1.165) is 10.1 Å². The number of furan rings is 1. The maximum absolute atomic E-state index is 11.4. The SMILES string of the molecule is CC(C)C(C(=O)O)N1CSC(=S)N(Cc2ccco2)C1. The number of rotatable bonds is 5. The standard InChI is InChI=1S/C13H18N2O3S2/c1-9(2)11(12(16)17)15-7-14(13(19)20-8-15)6-10-4-3-5-18-10/h3-5,9,11H,6-8H2,1-2H3,(H,16,17). The van der Waals surface area contributed by atoms with Crippen LogP contribution in [0, 0.1) is 5.92 Å². The molecule has 1 aromatic rings. The minimum atomic E-state index is -0.786. The predicted octanol–water partition coefficient (Wildman–Crippen LogP) is 2.44. The number of carboxylic acid groups (broad SMARTS) is 1. The van der Waals surface area contributed by atoms with Gasteiger partial charge in [-0.1, -0.05) is 37.8 Å². The average molecular weight is 314 g/mol. The van der Waals surface area contributed by atoms with Gasteiger partial charge in [0.1, 0.15) is 16.1 Å². The van der Waals surface area contributed by atoms with E-state index >= 15 is 0 Å². The quantitative estimate of drug-likeness (QED) is 0.838. The van der Waals surface area contributed by atoms with E-state index in [1.807, 2.05) is 35.8 Å². The van der Waals surface area contributed by atoms with Crippen LogP contribution in [-0.4, -0.2) is 43.8 Å². The molecule has 0 amide bonds. The van der Waals surface area contributed by atoms with E-state index in [9.17, 15) is 9.90 Å². The van der Waals surface area contributed by atoms with Crippen molar-refractivity contribution in [1.29, 1.82) is 0 Å². The summed E-state index contributed by atoms with van der Waals surface area (Å²) in [5, 5.41) is 9.38. The van der Waals surface area contributed by atoms with E-state index in [1.165, 1.54) is 11.8 Å². The van der Waals surface area contributed by atoms with Crippen molar-refractivity contribution < 1.29 is 14.3 Å². The molecule has 1 unspecified atom stereocenters.